The molecule has 3 N–H and O–H groups in total. The Labute approximate surface area is 103 Å². The third-order valence-electron chi connectivity index (χ3n) is 2.28. The van der Waals surface area contributed by atoms with Gasteiger partial charge in [-0.1, -0.05) is 11.6 Å². The lowest BCUT2D eigenvalue weighted by molar-refractivity contribution is 0.100. The molecule has 0 fully saturated rings. The number of hydrogen-bond acceptors (Lipinski definition) is 3. The van der Waals surface area contributed by atoms with Gasteiger partial charge in [-0.25, -0.2) is 0 Å². The molecular weight excluding hydrogens is 240 g/mol. The summed E-state index contributed by atoms with van der Waals surface area (Å²) in [5, 5.41) is 3.60. The number of benzene rings is 1. The number of halogens is 1. The number of rotatable bonds is 4. The number of carbonyl (C=O) groups is 1. The standard InChI is InChI=1S/C12H11ClN2O2/c13-8-3-4-10(12(14)16)11(6-8)15-7-9-2-1-5-17-9/h1-6,15H,7H2,(H2,14,16). The quantitative estimate of drug-likeness (QED) is 0.877. The molecular formula is C12H11ClN2O2. The summed E-state index contributed by atoms with van der Waals surface area (Å²) in [6.45, 7) is 0.466. The van der Waals surface area contributed by atoms with E-state index >= 15 is 0 Å². The van der Waals surface area contributed by atoms with Gasteiger partial charge in [0.05, 0.1) is 18.4 Å². The minimum absolute atomic E-state index is 0.404. The first-order valence-electron chi connectivity index (χ1n) is 5.02. The zero-order valence-corrected chi connectivity index (χ0v) is 9.70. The first-order valence-corrected chi connectivity index (χ1v) is 5.40. The fourth-order valence-electron chi connectivity index (χ4n) is 1.47. The van der Waals surface area contributed by atoms with Crippen molar-refractivity contribution in [3.05, 3.63) is 52.9 Å². The van der Waals surface area contributed by atoms with Crippen molar-refractivity contribution >= 4 is 23.2 Å². The summed E-state index contributed by atoms with van der Waals surface area (Å²) >= 11 is 5.87. The smallest absolute Gasteiger partial charge is 0.250 e. The van der Waals surface area contributed by atoms with Crippen LogP contribution in [0.15, 0.2) is 41.0 Å². The third kappa shape index (κ3) is 2.79. The Bertz CT molecular complexity index is 523. The van der Waals surface area contributed by atoms with Crippen LogP contribution < -0.4 is 11.1 Å². The van der Waals surface area contributed by atoms with E-state index in [-0.39, 0.29) is 0 Å². The highest BCUT2D eigenvalue weighted by atomic mass is 35.5. The molecule has 0 radical (unpaired) electrons. The van der Waals surface area contributed by atoms with Gasteiger partial charge in [0.1, 0.15) is 5.76 Å². The van der Waals surface area contributed by atoms with Crippen molar-refractivity contribution in [1.82, 2.24) is 0 Å². The van der Waals surface area contributed by atoms with Gasteiger partial charge in [0.25, 0.3) is 5.91 Å². The van der Waals surface area contributed by atoms with Gasteiger partial charge in [-0.05, 0) is 30.3 Å². The lowest BCUT2D eigenvalue weighted by Crippen LogP contribution is -2.14. The minimum Gasteiger partial charge on any atom is -0.467 e. The summed E-state index contributed by atoms with van der Waals surface area (Å²) in [5.41, 5.74) is 6.27. The van der Waals surface area contributed by atoms with Gasteiger partial charge < -0.3 is 15.5 Å². The van der Waals surface area contributed by atoms with E-state index < -0.39 is 5.91 Å². The average molecular weight is 251 g/mol. The second kappa shape index (κ2) is 4.93. The minimum atomic E-state index is -0.497. The summed E-state index contributed by atoms with van der Waals surface area (Å²) in [7, 11) is 0. The maximum atomic E-state index is 11.2. The summed E-state index contributed by atoms with van der Waals surface area (Å²) in [5.74, 6) is 0.268. The number of hydrogen-bond donors (Lipinski definition) is 2. The fraction of sp³-hybridized carbons (Fsp3) is 0.0833. The van der Waals surface area contributed by atoms with Crippen LogP contribution in [0.25, 0.3) is 0 Å². The molecule has 88 valence electrons. The maximum Gasteiger partial charge on any atom is 0.250 e. The van der Waals surface area contributed by atoms with Gasteiger partial charge in [0.15, 0.2) is 0 Å². The van der Waals surface area contributed by atoms with E-state index in [0.29, 0.717) is 22.8 Å². The topological polar surface area (TPSA) is 68.3 Å². The molecule has 1 aromatic carbocycles. The van der Waals surface area contributed by atoms with Crippen LogP contribution in [0.4, 0.5) is 5.69 Å². The predicted molar refractivity (Wildman–Crippen MR) is 66.0 cm³/mol. The molecule has 0 saturated carbocycles. The normalized spacial score (nSPS) is 10.2. The number of furan rings is 1. The SMILES string of the molecule is NC(=O)c1ccc(Cl)cc1NCc1ccco1. The third-order valence-corrected chi connectivity index (χ3v) is 2.52. The zero-order chi connectivity index (χ0) is 12.3. The highest BCUT2D eigenvalue weighted by Crippen LogP contribution is 2.21. The van der Waals surface area contributed by atoms with Gasteiger partial charge in [0.2, 0.25) is 0 Å². The fourth-order valence-corrected chi connectivity index (χ4v) is 1.65. The summed E-state index contributed by atoms with van der Waals surface area (Å²) in [6.07, 6.45) is 1.59. The molecule has 4 nitrogen and oxygen atoms in total. The molecule has 0 aliphatic carbocycles. The number of anilines is 1. The van der Waals surface area contributed by atoms with Crippen LogP contribution in [-0.4, -0.2) is 5.91 Å². The highest BCUT2D eigenvalue weighted by Gasteiger charge is 2.08. The van der Waals surface area contributed by atoms with Crippen molar-refractivity contribution in [2.24, 2.45) is 5.73 Å². The van der Waals surface area contributed by atoms with E-state index in [1.165, 1.54) is 0 Å². The molecule has 17 heavy (non-hydrogen) atoms. The number of primary amides is 1. The molecule has 5 heteroatoms. The summed E-state index contributed by atoms with van der Waals surface area (Å²) in [6, 6.07) is 8.50. The monoisotopic (exact) mass is 250 g/mol. The first kappa shape index (κ1) is 11.5. The number of amides is 1. The molecule has 0 atom stereocenters. The van der Waals surface area contributed by atoms with Crippen molar-refractivity contribution in [2.45, 2.75) is 6.54 Å². The van der Waals surface area contributed by atoms with Crippen molar-refractivity contribution in [3.63, 3.8) is 0 Å². The van der Waals surface area contributed by atoms with E-state index in [2.05, 4.69) is 5.32 Å². The van der Waals surface area contributed by atoms with Crippen molar-refractivity contribution in [3.8, 4) is 0 Å². The van der Waals surface area contributed by atoms with Gasteiger partial charge >= 0.3 is 0 Å². The van der Waals surface area contributed by atoms with E-state index in [1.807, 2.05) is 6.07 Å². The Morgan fingerprint density at radius 1 is 1.41 bits per heavy atom. The van der Waals surface area contributed by atoms with Crippen molar-refractivity contribution in [1.29, 1.82) is 0 Å². The number of nitrogens with one attached hydrogen (secondary N) is 1. The maximum absolute atomic E-state index is 11.2. The lowest BCUT2D eigenvalue weighted by Gasteiger charge is -2.09. The Morgan fingerprint density at radius 3 is 2.88 bits per heavy atom. The van der Waals surface area contributed by atoms with Gasteiger partial charge in [-0.15, -0.1) is 0 Å². The first-order chi connectivity index (χ1) is 8.16. The highest BCUT2D eigenvalue weighted by molar-refractivity contribution is 6.31. The van der Waals surface area contributed by atoms with Gasteiger partial charge in [0, 0.05) is 10.7 Å². The molecule has 0 unspecified atom stereocenters. The van der Waals surface area contributed by atoms with Crippen LogP contribution in [0, 0.1) is 0 Å². The van der Waals surface area contributed by atoms with Crippen LogP contribution in [0.5, 0.6) is 0 Å². The Morgan fingerprint density at radius 2 is 2.24 bits per heavy atom. The van der Waals surface area contributed by atoms with Crippen LogP contribution in [0.2, 0.25) is 5.02 Å². The van der Waals surface area contributed by atoms with Crippen LogP contribution in [0.1, 0.15) is 16.1 Å². The van der Waals surface area contributed by atoms with Gasteiger partial charge in [-0.2, -0.15) is 0 Å². The largest absolute Gasteiger partial charge is 0.467 e. The molecule has 0 saturated heterocycles. The number of nitrogens with two attached hydrogens (primary N) is 1. The molecule has 1 aromatic heterocycles. The molecule has 0 spiro atoms. The molecule has 1 heterocycles. The number of carbonyl (C=O) groups excluding carboxylic acids is 1. The molecule has 1 amide bonds. The van der Waals surface area contributed by atoms with Gasteiger partial charge in [-0.3, -0.25) is 4.79 Å². The lowest BCUT2D eigenvalue weighted by atomic mass is 10.1. The second-order valence-corrected chi connectivity index (χ2v) is 3.92. The molecule has 0 aliphatic heterocycles. The molecule has 0 aliphatic rings. The Kier molecular flexibility index (Phi) is 3.35. The van der Waals surface area contributed by atoms with Crippen LogP contribution in [-0.2, 0) is 6.54 Å². The van der Waals surface area contributed by atoms with E-state index in [9.17, 15) is 4.79 Å². The van der Waals surface area contributed by atoms with E-state index in [1.54, 1.807) is 30.5 Å². The Balaban J connectivity index is 2.19. The zero-order valence-electron chi connectivity index (χ0n) is 8.94. The molecule has 2 rings (SSSR count). The second-order valence-electron chi connectivity index (χ2n) is 3.49. The van der Waals surface area contributed by atoms with Crippen molar-refractivity contribution in [2.75, 3.05) is 5.32 Å². The van der Waals surface area contributed by atoms with Crippen molar-refractivity contribution < 1.29 is 9.21 Å². The Hall–Kier alpha value is -1.94. The predicted octanol–water partition coefficient (Wildman–Crippen LogP) is 2.64. The summed E-state index contributed by atoms with van der Waals surface area (Å²) in [4.78, 5) is 11.2. The van der Waals surface area contributed by atoms with Crippen LogP contribution in [0.3, 0.4) is 0 Å². The molecule has 0 bridgehead atoms. The van der Waals surface area contributed by atoms with E-state index in [4.69, 9.17) is 21.8 Å². The van der Waals surface area contributed by atoms with Crippen LogP contribution >= 0.6 is 11.6 Å². The summed E-state index contributed by atoms with van der Waals surface area (Å²) < 4.78 is 5.17. The molecule has 2 aromatic rings. The van der Waals surface area contributed by atoms with E-state index in [0.717, 1.165) is 5.76 Å². The average Bonchev–Trinajstić information content (AvgIpc) is 2.78.